The lowest BCUT2D eigenvalue weighted by Crippen LogP contribution is -2.38. The van der Waals surface area contributed by atoms with Crippen molar-refractivity contribution >= 4 is 16.8 Å². The molecule has 3 aromatic rings. The van der Waals surface area contributed by atoms with Crippen LogP contribution >= 0.6 is 0 Å². The fourth-order valence-corrected chi connectivity index (χ4v) is 3.91. The number of ether oxygens (including phenoxy) is 1. The number of nitrogens with one attached hydrogen (secondary N) is 1. The van der Waals surface area contributed by atoms with Crippen molar-refractivity contribution in [1.29, 1.82) is 0 Å². The molecule has 0 radical (unpaired) electrons. The van der Waals surface area contributed by atoms with Gasteiger partial charge in [0.15, 0.2) is 0 Å². The number of hydrogen-bond donors (Lipinski definition) is 1. The van der Waals surface area contributed by atoms with E-state index in [9.17, 15) is 9.18 Å². The Labute approximate surface area is 157 Å². The van der Waals surface area contributed by atoms with Gasteiger partial charge in [0.05, 0.1) is 13.5 Å². The predicted octanol–water partition coefficient (Wildman–Crippen LogP) is 4.26. The Morgan fingerprint density at radius 3 is 2.63 bits per heavy atom. The maximum absolute atomic E-state index is 13.0. The van der Waals surface area contributed by atoms with Crippen molar-refractivity contribution in [3.05, 3.63) is 65.6 Å². The summed E-state index contributed by atoms with van der Waals surface area (Å²) in [5.41, 5.74) is 3.27. The lowest BCUT2D eigenvalue weighted by Gasteiger charge is -2.32. The number of likely N-dealkylation sites (tertiary alicyclic amines) is 1. The highest BCUT2D eigenvalue weighted by atomic mass is 19.1. The Bertz CT molecular complexity index is 941. The number of amides is 1. The van der Waals surface area contributed by atoms with Gasteiger partial charge in [-0.1, -0.05) is 12.1 Å². The zero-order chi connectivity index (χ0) is 18.8. The lowest BCUT2D eigenvalue weighted by molar-refractivity contribution is -0.131. The molecule has 140 valence electrons. The smallest absolute Gasteiger partial charge is 0.226 e. The van der Waals surface area contributed by atoms with Crippen molar-refractivity contribution in [1.82, 2.24) is 9.88 Å². The lowest BCUT2D eigenvalue weighted by atomic mass is 9.89. The first-order valence-electron chi connectivity index (χ1n) is 9.31. The van der Waals surface area contributed by atoms with Crippen LogP contribution in [0.2, 0.25) is 0 Å². The first-order valence-corrected chi connectivity index (χ1v) is 9.31. The van der Waals surface area contributed by atoms with Crippen LogP contribution in [0.3, 0.4) is 0 Å². The number of rotatable bonds is 4. The van der Waals surface area contributed by atoms with Crippen LogP contribution in [-0.2, 0) is 11.2 Å². The maximum Gasteiger partial charge on any atom is 0.226 e. The average Bonchev–Trinajstić information content (AvgIpc) is 3.13. The minimum atomic E-state index is -0.276. The van der Waals surface area contributed by atoms with E-state index >= 15 is 0 Å². The Kier molecular flexibility index (Phi) is 4.84. The number of aromatic amines is 1. The Hall–Kier alpha value is -2.82. The van der Waals surface area contributed by atoms with Crippen molar-refractivity contribution in [3.8, 4) is 5.75 Å². The van der Waals surface area contributed by atoms with Crippen molar-refractivity contribution in [2.75, 3.05) is 20.2 Å². The van der Waals surface area contributed by atoms with E-state index in [4.69, 9.17) is 4.74 Å². The normalized spacial score (nSPS) is 15.3. The van der Waals surface area contributed by atoms with Crippen LogP contribution in [0.4, 0.5) is 4.39 Å². The van der Waals surface area contributed by atoms with Gasteiger partial charge in [-0.2, -0.15) is 0 Å². The molecule has 1 N–H and O–H groups in total. The van der Waals surface area contributed by atoms with Gasteiger partial charge in [0.25, 0.3) is 0 Å². The molecule has 1 saturated heterocycles. The molecular weight excluding hydrogens is 343 g/mol. The van der Waals surface area contributed by atoms with Gasteiger partial charge in [-0.05, 0) is 60.2 Å². The zero-order valence-electron chi connectivity index (χ0n) is 15.4. The SMILES string of the molecule is COc1ccc2[nH]cc(C3CCN(C(=O)Cc4ccc(F)cc4)CC3)c2c1. The first-order chi connectivity index (χ1) is 13.1. The first kappa shape index (κ1) is 17.6. The van der Waals surface area contributed by atoms with Crippen LogP contribution in [0.5, 0.6) is 5.75 Å². The summed E-state index contributed by atoms with van der Waals surface area (Å²) in [6.07, 6.45) is 4.30. The summed E-state index contributed by atoms with van der Waals surface area (Å²) >= 11 is 0. The summed E-state index contributed by atoms with van der Waals surface area (Å²) < 4.78 is 18.4. The highest BCUT2D eigenvalue weighted by molar-refractivity contribution is 5.85. The van der Waals surface area contributed by atoms with Gasteiger partial charge < -0.3 is 14.6 Å². The van der Waals surface area contributed by atoms with Gasteiger partial charge >= 0.3 is 0 Å². The number of carbonyl (C=O) groups is 1. The van der Waals surface area contributed by atoms with Gasteiger partial charge in [-0.25, -0.2) is 4.39 Å². The molecule has 2 aromatic carbocycles. The molecule has 1 aromatic heterocycles. The third-order valence-corrected chi connectivity index (χ3v) is 5.48. The topological polar surface area (TPSA) is 45.3 Å². The molecule has 4 nitrogen and oxygen atoms in total. The second-order valence-corrected chi connectivity index (χ2v) is 7.11. The summed E-state index contributed by atoms with van der Waals surface area (Å²) in [5.74, 6) is 1.12. The maximum atomic E-state index is 13.0. The van der Waals surface area contributed by atoms with Gasteiger partial charge in [0, 0.05) is 30.2 Å². The summed E-state index contributed by atoms with van der Waals surface area (Å²) in [6.45, 7) is 1.50. The Morgan fingerprint density at radius 1 is 1.19 bits per heavy atom. The molecule has 0 atom stereocenters. The molecule has 0 saturated carbocycles. The van der Waals surface area contributed by atoms with Crippen molar-refractivity contribution < 1.29 is 13.9 Å². The highest BCUT2D eigenvalue weighted by Crippen LogP contribution is 2.34. The molecule has 0 aliphatic carbocycles. The minimum absolute atomic E-state index is 0.112. The molecule has 5 heteroatoms. The van der Waals surface area contributed by atoms with Crippen LogP contribution < -0.4 is 4.74 Å². The van der Waals surface area contributed by atoms with Gasteiger partial charge in [-0.15, -0.1) is 0 Å². The molecule has 1 aliphatic rings. The van der Waals surface area contributed by atoms with Crippen molar-refractivity contribution in [3.63, 3.8) is 0 Å². The molecule has 1 fully saturated rings. The van der Waals surface area contributed by atoms with Crippen LogP contribution in [0.15, 0.2) is 48.7 Å². The number of nitrogens with zero attached hydrogens (tertiary/aromatic N) is 1. The quantitative estimate of drug-likeness (QED) is 0.750. The number of benzene rings is 2. The number of methoxy groups -OCH3 is 1. The molecular formula is C22H23FN2O2. The second-order valence-electron chi connectivity index (χ2n) is 7.11. The minimum Gasteiger partial charge on any atom is -0.497 e. The largest absolute Gasteiger partial charge is 0.497 e. The number of halogens is 1. The van der Waals surface area contributed by atoms with E-state index in [1.165, 1.54) is 23.1 Å². The zero-order valence-corrected chi connectivity index (χ0v) is 15.4. The number of piperidine rings is 1. The molecule has 0 unspecified atom stereocenters. The summed E-state index contributed by atoms with van der Waals surface area (Å²) in [4.78, 5) is 17.8. The van der Waals surface area contributed by atoms with E-state index in [2.05, 4.69) is 17.2 Å². The molecule has 0 spiro atoms. The number of hydrogen-bond acceptors (Lipinski definition) is 2. The van der Waals surface area contributed by atoms with E-state index in [1.54, 1.807) is 19.2 Å². The van der Waals surface area contributed by atoms with Gasteiger partial charge in [0.1, 0.15) is 11.6 Å². The van der Waals surface area contributed by atoms with E-state index in [1.807, 2.05) is 17.0 Å². The third-order valence-electron chi connectivity index (χ3n) is 5.48. The monoisotopic (exact) mass is 366 g/mol. The fraction of sp³-hybridized carbons (Fsp3) is 0.318. The standard InChI is InChI=1S/C22H23FN2O2/c1-27-18-6-7-21-19(13-18)20(14-24-21)16-8-10-25(11-9-16)22(26)12-15-2-4-17(23)5-3-15/h2-7,13-14,16,24H,8-12H2,1H3. The summed E-state index contributed by atoms with van der Waals surface area (Å²) in [5, 5.41) is 1.20. The van der Waals surface area contributed by atoms with E-state index in [0.717, 1.165) is 42.8 Å². The molecule has 0 bridgehead atoms. The van der Waals surface area contributed by atoms with E-state index < -0.39 is 0 Å². The number of fused-ring (bicyclic) bond motifs is 1. The Morgan fingerprint density at radius 2 is 1.93 bits per heavy atom. The van der Waals surface area contributed by atoms with Crippen LogP contribution in [0.25, 0.3) is 10.9 Å². The number of H-pyrrole nitrogens is 1. The Balaban J connectivity index is 1.41. The second kappa shape index (κ2) is 7.43. The van der Waals surface area contributed by atoms with Gasteiger partial charge in [-0.3, -0.25) is 4.79 Å². The predicted molar refractivity (Wildman–Crippen MR) is 104 cm³/mol. The molecule has 1 amide bonds. The van der Waals surface area contributed by atoms with E-state index in [-0.39, 0.29) is 11.7 Å². The van der Waals surface area contributed by atoms with Crippen LogP contribution in [-0.4, -0.2) is 36.0 Å². The molecule has 4 rings (SSSR count). The fourth-order valence-electron chi connectivity index (χ4n) is 3.91. The van der Waals surface area contributed by atoms with Crippen molar-refractivity contribution in [2.45, 2.75) is 25.2 Å². The van der Waals surface area contributed by atoms with Crippen LogP contribution in [0.1, 0.15) is 29.9 Å². The van der Waals surface area contributed by atoms with Crippen molar-refractivity contribution in [2.24, 2.45) is 0 Å². The highest BCUT2D eigenvalue weighted by Gasteiger charge is 2.25. The van der Waals surface area contributed by atoms with E-state index in [0.29, 0.717) is 12.3 Å². The number of carbonyl (C=O) groups excluding carboxylic acids is 1. The summed E-state index contributed by atoms with van der Waals surface area (Å²) in [6, 6.07) is 12.2. The molecule has 1 aliphatic heterocycles. The molecule has 27 heavy (non-hydrogen) atoms. The van der Waals surface area contributed by atoms with Crippen LogP contribution in [0, 0.1) is 5.82 Å². The molecule has 2 heterocycles. The summed E-state index contributed by atoms with van der Waals surface area (Å²) in [7, 11) is 1.68. The number of aromatic nitrogens is 1. The third kappa shape index (κ3) is 3.68. The average molecular weight is 366 g/mol. The van der Waals surface area contributed by atoms with Gasteiger partial charge in [0.2, 0.25) is 5.91 Å².